The minimum Gasteiger partial charge on any atom is -0.493 e. The van der Waals surface area contributed by atoms with Gasteiger partial charge < -0.3 is 29.1 Å². The molecule has 56 heavy (non-hydrogen) atoms. The van der Waals surface area contributed by atoms with Crippen LogP contribution in [0.4, 0.5) is 8.78 Å². The Balaban J connectivity index is 1.28. The van der Waals surface area contributed by atoms with Crippen LogP contribution in [-0.4, -0.2) is 59.9 Å². The third kappa shape index (κ3) is 9.09. The van der Waals surface area contributed by atoms with E-state index in [9.17, 15) is 23.2 Å². The van der Waals surface area contributed by atoms with Gasteiger partial charge in [-0.15, -0.1) is 0 Å². The zero-order valence-corrected chi connectivity index (χ0v) is 32.7. The van der Waals surface area contributed by atoms with Crippen LogP contribution < -0.4 is 14.2 Å². The largest absolute Gasteiger partial charge is 0.493 e. The van der Waals surface area contributed by atoms with Gasteiger partial charge in [0.05, 0.1) is 45.8 Å². The number of rotatable bonds is 12. The summed E-state index contributed by atoms with van der Waals surface area (Å²) in [6.07, 6.45) is 7.08. The Morgan fingerprint density at radius 1 is 0.804 bits per heavy atom. The van der Waals surface area contributed by atoms with E-state index in [4.69, 9.17) is 19.3 Å². The van der Waals surface area contributed by atoms with Gasteiger partial charge in [0.2, 0.25) is 11.8 Å². The lowest BCUT2D eigenvalue weighted by Gasteiger charge is -2.34. The first-order valence-electron chi connectivity index (χ1n) is 18.0. The lowest BCUT2D eigenvalue weighted by molar-refractivity contribution is -0.132. The molecule has 0 radical (unpaired) electrons. The van der Waals surface area contributed by atoms with Crippen molar-refractivity contribution in [3.8, 4) is 17.2 Å². The average Bonchev–Trinajstić information content (AvgIpc) is 3.21. The number of allylic oxidation sites excluding steroid dienone is 3. The molecule has 0 bridgehead atoms. The van der Waals surface area contributed by atoms with Crippen molar-refractivity contribution in [2.75, 3.05) is 27.4 Å². The van der Waals surface area contributed by atoms with E-state index in [-0.39, 0.29) is 55.8 Å². The van der Waals surface area contributed by atoms with E-state index < -0.39 is 23.7 Å². The fourth-order valence-electron chi connectivity index (χ4n) is 6.96. The second kappa shape index (κ2) is 17.9. The molecule has 2 aliphatic rings. The number of amides is 2. The normalized spacial score (nSPS) is 17.5. The first kappa shape index (κ1) is 40.1. The van der Waals surface area contributed by atoms with Crippen molar-refractivity contribution in [2.24, 2.45) is 0 Å². The number of nitrogens with zero attached hydrogens (tertiary/aromatic N) is 2. The van der Waals surface area contributed by atoms with Crippen molar-refractivity contribution < 1.29 is 42.5 Å². The highest BCUT2D eigenvalue weighted by Crippen LogP contribution is 2.39. The molecule has 9 nitrogen and oxygen atoms in total. The monoisotopic (exact) mass is 826 g/mol. The van der Waals surface area contributed by atoms with Crippen molar-refractivity contribution in [3.63, 3.8) is 0 Å². The molecule has 12 heteroatoms. The molecule has 0 aliphatic carbocycles. The molecule has 2 amide bonds. The fraction of sp³-hybridized carbons (Fsp3) is 0.250. The summed E-state index contributed by atoms with van der Waals surface area (Å²) in [5, 5.41) is 9.14. The molecule has 0 saturated carbocycles. The van der Waals surface area contributed by atoms with Gasteiger partial charge in [0.15, 0.2) is 28.8 Å². The van der Waals surface area contributed by atoms with Crippen LogP contribution in [-0.2, 0) is 27.2 Å². The maximum absolute atomic E-state index is 14.5. The number of halogens is 3. The Kier molecular flexibility index (Phi) is 12.8. The van der Waals surface area contributed by atoms with Crippen LogP contribution in [0.1, 0.15) is 59.7 Å². The van der Waals surface area contributed by atoms with Crippen molar-refractivity contribution >= 4 is 39.1 Å². The van der Waals surface area contributed by atoms with Gasteiger partial charge in [-0.05, 0) is 107 Å². The summed E-state index contributed by atoms with van der Waals surface area (Å²) in [4.78, 5) is 43.6. The molecular weight excluding hydrogens is 786 g/mol. The maximum Gasteiger partial charge on any atom is 0.231 e. The van der Waals surface area contributed by atoms with Crippen molar-refractivity contribution in [3.05, 3.63) is 153 Å². The number of benzene rings is 4. The quantitative estimate of drug-likeness (QED) is 0.154. The summed E-state index contributed by atoms with van der Waals surface area (Å²) in [6, 6.07) is 20.7. The number of hydrogen-bond acceptors (Lipinski definition) is 7. The Labute approximate surface area is 332 Å². The smallest absolute Gasteiger partial charge is 0.231 e. The van der Waals surface area contributed by atoms with Crippen LogP contribution in [0.25, 0.3) is 5.57 Å². The summed E-state index contributed by atoms with van der Waals surface area (Å²) >= 11 is 3.36. The van der Waals surface area contributed by atoms with Crippen LogP contribution in [0.2, 0.25) is 0 Å². The SMILES string of the molecule is COc1ccc(CC(=O)N2C=CC(=O)CC2c2cccc(/C(C)=C3\C=CN(C(=O)Cc4cc(OCCO)c(F)cc4Br)C(c4ccc(F)cc4)C3)c2)cc1OC. The fourth-order valence-corrected chi connectivity index (χ4v) is 7.41. The zero-order chi connectivity index (χ0) is 39.9. The van der Waals surface area contributed by atoms with Gasteiger partial charge in [-0.2, -0.15) is 0 Å². The van der Waals surface area contributed by atoms with E-state index in [1.165, 1.54) is 37.5 Å². The number of methoxy groups -OCH3 is 2. The molecule has 4 aromatic rings. The molecular formula is C44H41BrF2N2O7. The number of carbonyl (C=O) groups excluding carboxylic acids is 3. The summed E-state index contributed by atoms with van der Waals surface area (Å²) < 4.78 is 45.1. The zero-order valence-electron chi connectivity index (χ0n) is 31.1. The van der Waals surface area contributed by atoms with Crippen LogP contribution in [0.15, 0.2) is 113 Å². The lowest BCUT2D eigenvalue weighted by atomic mass is 9.88. The summed E-state index contributed by atoms with van der Waals surface area (Å²) in [5.41, 5.74) is 5.49. The molecule has 0 saturated heterocycles. The van der Waals surface area contributed by atoms with Crippen LogP contribution in [0.5, 0.6) is 17.2 Å². The van der Waals surface area contributed by atoms with Gasteiger partial charge in [0.25, 0.3) is 0 Å². The highest BCUT2D eigenvalue weighted by Gasteiger charge is 2.31. The number of carbonyl (C=O) groups is 3. The predicted molar refractivity (Wildman–Crippen MR) is 211 cm³/mol. The highest BCUT2D eigenvalue weighted by molar-refractivity contribution is 9.10. The Hall–Kier alpha value is -5.59. The number of ketones is 1. The molecule has 0 spiro atoms. The van der Waals surface area contributed by atoms with Gasteiger partial charge in [0.1, 0.15) is 12.4 Å². The first-order chi connectivity index (χ1) is 27.0. The average molecular weight is 828 g/mol. The van der Waals surface area contributed by atoms with E-state index in [0.29, 0.717) is 28.0 Å². The predicted octanol–water partition coefficient (Wildman–Crippen LogP) is 8.22. The molecule has 2 aliphatic heterocycles. The van der Waals surface area contributed by atoms with E-state index in [0.717, 1.165) is 33.4 Å². The first-order valence-corrected chi connectivity index (χ1v) is 18.8. The van der Waals surface area contributed by atoms with Crippen LogP contribution in [0, 0.1) is 11.6 Å². The molecule has 1 N–H and O–H groups in total. The lowest BCUT2D eigenvalue weighted by Crippen LogP contribution is -2.35. The van der Waals surface area contributed by atoms with Crippen LogP contribution in [0.3, 0.4) is 0 Å². The van der Waals surface area contributed by atoms with Crippen molar-refractivity contribution in [1.82, 2.24) is 9.80 Å². The Morgan fingerprint density at radius 2 is 1.50 bits per heavy atom. The molecule has 290 valence electrons. The molecule has 4 aromatic carbocycles. The molecule has 2 unspecified atom stereocenters. The highest BCUT2D eigenvalue weighted by atomic mass is 79.9. The summed E-state index contributed by atoms with van der Waals surface area (Å²) in [6.45, 7) is 1.59. The summed E-state index contributed by atoms with van der Waals surface area (Å²) in [5.74, 6) is -0.581. The third-order valence-corrected chi connectivity index (χ3v) is 10.7. The van der Waals surface area contributed by atoms with E-state index in [1.807, 2.05) is 43.3 Å². The topological polar surface area (TPSA) is 106 Å². The van der Waals surface area contributed by atoms with E-state index >= 15 is 0 Å². The molecule has 2 atom stereocenters. The standard InChI is InChI=1S/C44H41BrF2N2O7/c1-27(30-5-4-6-32(21-30)39-25-35(51)14-16-49(39)43(52)20-28-7-12-40(54-2)42(19-28)55-3)31-13-15-48(38(22-31)29-8-10-34(46)11-9-29)44(53)24-33-23-41(56-18-17-50)37(47)26-36(33)45/h4-16,19,21,23,26,38-39,50H,17-18,20,22,24-25H2,1-3H3/b31-27+. The Bertz CT molecular complexity index is 2220. The maximum atomic E-state index is 14.5. The number of ether oxygens (including phenoxy) is 3. The molecule has 0 aromatic heterocycles. The molecule has 0 fully saturated rings. The Morgan fingerprint density at radius 3 is 2.21 bits per heavy atom. The van der Waals surface area contributed by atoms with Crippen LogP contribution >= 0.6 is 15.9 Å². The number of aliphatic hydroxyl groups is 1. The van der Waals surface area contributed by atoms with E-state index in [2.05, 4.69) is 15.9 Å². The van der Waals surface area contributed by atoms with Gasteiger partial charge in [0, 0.05) is 23.3 Å². The number of aliphatic hydroxyl groups excluding tert-OH is 1. The third-order valence-electron chi connectivity index (χ3n) is 9.95. The van der Waals surface area contributed by atoms with E-state index in [1.54, 1.807) is 53.6 Å². The minimum absolute atomic E-state index is 0.0728. The second-order valence-corrected chi connectivity index (χ2v) is 14.3. The van der Waals surface area contributed by atoms with Gasteiger partial charge in [-0.1, -0.05) is 52.3 Å². The second-order valence-electron chi connectivity index (χ2n) is 13.5. The van der Waals surface area contributed by atoms with Gasteiger partial charge in [-0.3, -0.25) is 14.4 Å². The minimum atomic E-state index is -0.627. The van der Waals surface area contributed by atoms with Gasteiger partial charge in [-0.25, -0.2) is 8.78 Å². The summed E-state index contributed by atoms with van der Waals surface area (Å²) in [7, 11) is 3.08. The van der Waals surface area contributed by atoms with Crippen molar-refractivity contribution in [1.29, 1.82) is 0 Å². The number of hydrogen-bond donors (Lipinski definition) is 1. The van der Waals surface area contributed by atoms with Crippen molar-refractivity contribution in [2.45, 2.75) is 44.7 Å². The molecule has 2 heterocycles. The molecule has 6 rings (SSSR count). The van der Waals surface area contributed by atoms with Gasteiger partial charge >= 0.3 is 0 Å².